The monoisotopic (exact) mass is 244 g/mol. The Balaban J connectivity index is 1.89. The van der Waals surface area contributed by atoms with Gasteiger partial charge < -0.3 is 4.42 Å². The molecular weight excluding hydrogens is 232 g/mol. The van der Waals surface area contributed by atoms with Crippen molar-refractivity contribution in [1.82, 2.24) is 10.4 Å². The number of hydrogen-bond donors (Lipinski definition) is 1. The van der Waals surface area contributed by atoms with Crippen LogP contribution in [-0.2, 0) is 6.54 Å². The molecule has 0 radical (unpaired) electrons. The van der Waals surface area contributed by atoms with E-state index in [-0.39, 0.29) is 0 Å². The van der Waals surface area contributed by atoms with Gasteiger partial charge in [-0.25, -0.2) is 5.01 Å². The Morgan fingerprint density at radius 3 is 3.00 bits per heavy atom. The van der Waals surface area contributed by atoms with Crippen LogP contribution in [0.4, 0.5) is 0 Å². The average Bonchev–Trinajstić information content (AvgIpc) is 2.53. The van der Waals surface area contributed by atoms with E-state index in [2.05, 4.69) is 26.4 Å². The molecule has 0 unspecified atom stereocenters. The molecule has 0 saturated carbocycles. The number of nitrogens with one attached hydrogen (secondary N) is 1. The molecule has 0 amide bonds. The van der Waals surface area contributed by atoms with Crippen LogP contribution in [0.2, 0.25) is 0 Å². The lowest BCUT2D eigenvalue weighted by Crippen LogP contribution is -2.42. The summed E-state index contributed by atoms with van der Waals surface area (Å²) in [7, 11) is 0. The Morgan fingerprint density at radius 1 is 1.46 bits per heavy atom. The topological polar surface area (TPSA) is 28.4 Å². The summed E-state index contributed by atoms with van der Waals surface area (Å²) in [6.07, 6.45) is 2.55. The quantitative estimate of drug-likeness (QED) is 0.865. The first-order valence-corrected chi connectivity index (χ1v) is 5.36. The fourth-order valence-electron chi connectivity index (χ4n) is 1.50. The highest BCUT2D eigenvalue weighted by atomic mass is 79.9. The van der Waals surface area contributed by atoms with Gasteiger partial charge in [-0.05, 0) is 40.9 Å². The lowest BCUT2D eigenvalue weighted by atomic mass is 10.2. The largest absolute Gasteiger partial charge is 0.453 e. The minimum Gasteiger partial charge on any atom is -0.453 e. The van der Waals surface area contributed by atoms with Crippen LogP contribution in [0.1, 0.15) is 18.6 Å². The summed E-state index contributed by atoms with van der Waals surface area (Å²) in [5.74, 6) is 1.00. The van der Waals surface area contributed by atoms with Gasteiger partial charge in [0.05, 0.1) is 6.54 Å². The molecule has 1 N–H and O–H groups in total. The van der Waals surface area contributed by atoms with Crippen LogP contribution in [0.25, 0.3) is 0 Å². The van der Waals surface area contributed by atoms with E-state index in [0.717, 1.165) is 30.1 Å². The predicted octanol–water partition coefficient (Wildman–Crippen LogP) is 2.14. The fourth-order valence-corrected chi connectivity index (χ4v) is 1.84. The first-order chi connectivity index (χ1) is 6.34. The van der Waals surface area contributed by atoms with Crippen LogP contribution >= 0.6 is 15.9 Å². The van der Waals surface area contributed by atoms with E-state index in [1.165, 1.54) is 12.8 Å². The van der Waals surface area contributed by atoms with Gasteiger partial charge in [-0.3, -0.25) is 5.43 Å². The average molecular weight is 245 g/mol. The molecule has 3 nitrogen and oxygen atoms in total. The third kappa shape index (κ3) is 2.56. The number of nitrogens with zero attached hydrogens (tertiary/aromatic N) is 1. The Kier molecular flexibility index (Phi) is 3.03. The second-order valence-electron chi connectivity index (χ2n) is 3.24. The van der Waals surface area contributed by atoms with Gasteiger partial charge in [0.1, 0.15) is 5.76 Å². The molecule has 4 heteroatoms. The summed E-state index contributed by atoms with van der Waals surface area (Å²) >= 11 is 3.29. The maximum Gasteiger partial charge on any atom is 0.169 e. The minimum atomic E-state index is 0.805. The molecule has 0 atom stereocenters. The second-order valence-corrected chi connectivity index (χ2v) is 4.02. The highest BCUT2D eigenvalue weighted by Crippen LogP contribution is 2.15. The van der Waals surface area contributed by atoms with Crippen LogP contribution in [-0.4, -0.2) is 18.1 Å². The van der Waals surface area contributed by atoms with E-state index in [9.17, 15) is 0 Å². The van der Waals surface area contributed by atoms with E-state index in [0.29, 0.717) is 0 Å². The Labute approximate surface area is 86.2 Å². The highest BCUT2D eigenvalue weighted by Gasteiger charge is 2.11. The Morgan fingerprint density at radius 2 is 2.38 bits per heavy atom. The van der Waals surface area contributed by atoms with Crippen molar-refractivity contribution in [2.45, 2.75) is 19.4 Å². The number of hydrazine groups is 1. The number of rotatable bonds is 2. The van der Waals surface area contributed by atoms with Crippen molar-refractivity contribution in [2.75, 3.05) is 13.1 Å². The van der Waals surface area contributed by atoms with Crippen molar-refractivity contribution in [3.8, 4) is 0 Å². The van der Waals surface area contributed by atoms with Gasteiger partial charge in [0, 0.05) is 13.1 Å². The number of hydrogen-bond acceptors (Lipinski definition) is 3. The lowest BCUT2D eigenvalue weighted by Gasteiger charge is -2.26. The molecule has 1 saturated heterocycles. The zero-order valence-corrected chi connectivity index (χ0v) is 9.01. The van der Waals surface area contributed by atoms with Gasteiger partial charge in [0.2, 0.25) is 0 Å². The SMILES string of the molecule is Brc1ccc(CN2CCCCN2)o1. The molecule has 1 fully saturated rings. The molecule has 1 aromatic heterocycles. The van der Waals surface area contributed by atoms with Crippen LogP contribution in [0.3, 0.4) is 0 Å². The standard InChI is InChI=1S/C9H13BrN2O/c10-9-4-3-8(13-9)7-12-6-2-1-5-11-12/h3-4,11H,1-2,5-7H2. The molecule has 13 heavy (non-hydrogen) atoms. The van der Waals surface area contributed by atoms with Crippen molar-refractivity contribution >= 4 is 15.9 Å². The van der Waals surface area contributed by atoms with Gasteiger partial charge in [0.25, 0.3) is 0 Å². The van der Waals surface area contributed by atoms with Crippen LogP contribution in [0, 0.1) is 0 Å². The Hall–Kier alpha value is -0.320. The second kappa shape index (κ2) is 4.26. The van der Waals surface area contributed by atoms with E-state index in [1.807, 2.05) is 12.1 Å². The first kappa shape index (κ1) is 9.24. The van der Waals surface area contributed by atoms with E-state index >= 15 is 0 Å². The molecule has 1 aliphatic heterocycles. The first-order valence-electron chi connectivity index (χ1n) is 4.57. The molecule has 72 valence electrons. The van der Waals surface area contributed by atoms with Crippen molar-refractivity contribution in [3.63, 3.8) is 0 Å². The van der Waals surface area contributed by atoms with Crippen molar-refractivity contribution in [1.29, 1.82) is 0 Å². The predicted molar refractivity (Wildman–Crippen MR) is 54.1 cm³/mol. The smallest absolute Gasteiger partial charge is 0.169 e. The van der Waals surface area contributed by atoms with Crippen molar-refractivity contribution in [2.24, 2.45) is 0 Å². The number of halogens is 1. The molecule has 2 heterocycles. The normalized spacial score (nSPS) is 19.2. The summed E-state index contributed by atoms with van der Waals surface area (Å²) in [4.78, 5) is 0. The summed E-state index contributed by atoms with van der Waals surface area (Å²) in [6, 6.07) is 3.93. The van der Waals surface area contributed by atoms with Gasteiger partial charge in [-0.1, -0.05) is 0 Å². The molecule has 0 aromatic carbocycles. The molecule has 1 aromatic rings. The van der Waals surface area contributed by atoms with Gasteiger partial charge in [-0.2, -0.15) is 0 Å². The molecule has 0 spiro atoms. The molecule has 0 bridgehead atoms. The summed E-state index contributed by atoms with van der Waals surface area (Å²) in [5, 5.41) is 2.20. The minimum absolute atomic E-state index is 0.805. The third-order valence-electron chi connectivity index (χ3n) is 2.17. The van der Waals surface area contributed by atoms with E-state index in [1.54, 1.807) is 0 Å². The summed E-state index contributed by atoms with van der Waals surface area (Å²) in [5.41, 5.74) is 3.33. The zero-order chi connectivity index (χ0) is 9.10. The van der Waals surface area contributed by atoms with Crippen LogP contribution < -0.4 is 5.43 Å². The molecular formula is C9H13BrN2O. The highest BCUT2D eigenvalue weighted by molar-refractivity contribution is 9.10. The summed E-state index contributed by atoms with van der Waals surface area (Å²) < 4.78 is 6.23. The Bertz CT molecular complexity index is 268. The van der Waals surface area contributed by atoms with Crippen LogP contribution in [0.5, 0.6) is 0 Å². The maximum absolute atomic E-state index is 5.42. The number of furan rings is 1. The molecule has 1 aliphatic rings. The molecule has 0 aliphatic carbocycles. The lowest BCUT2D eigenvalue weighted by molar-refractivity contribution is 0.133. The van der Waals surface area contributed by atoms with Crippen LogP contribution in [0.15, 0.2) is 21.2 Å². The third-order valence-corrected chi connectivity index (χ3v) is 2.59. The zero-order valence-electron chi connectivity index (χ0n) is 7.42. The maximum atomic E-state index is 5.42. The van der Waals surface area contributed by atoms with Crippen molar-refractivity contribution in [3.05, 3.63) is 22.6 Å². The van der Waals surface area contributed by atoms with E-state index < -0.39 is 0 Å². The fraction of sp³-hybridized carbons (Fsp3) is 0.556. The van der Waals surface area contributed by atoms with Gasteiger partial charge in [-0.15, -0.1) is 0 Å². The molecule has 2 rings (SSSR count). The van der Waals surface area contributed by atoms with Gasteiger partial charge >= 0.3 is 0 Å². The van der Waals surface area contributed by atoms with E-state index in [4.69, 9.17) is 4.42 Å². The van der Waals surface area contributed by atoms with Crippen molar-refractivity contribution < 1.29 is 4.42 Å². The van der Waals surface area contributed by atoms with Gasteiger partial charge in [0.15, 0.2) is 4.67 Å². The summed E-state index contributed by atoms with van der Waals surface area (Å²) in [6.45, 7) is 3.05.